The van der Waals surface area contributed by atoms with E-state index in [1.165, 1.54) is 6.26 Å². The van der Waals surface area contributed by atoms with E-state index in [1.54, 1.807) is 12.1 Å². The van der Waals surface area contributed by atoms with Crippen molar-refractivity contribution in [1.82, 2.24) is 5.16 Å². The maximum absolute atomic E-state index is 11.5. The van der Waals surface area contributed by atoms with E-state index < -0.39 is 6.03 Å². The predicted molar refractivity (Wildman–Crippen MR) is 75.1 cm³/mol. The van der Waals surface area contributed by atoms with Gasteiger partial charge in [0.25, 0.3) is 0 Å². The first-order chi connectivity index (χ1) is 10.3. The molecule has 5 nitrogen and oxygen atoms in total. The van der Waals surface area contributed by atoms with E-state index >= 15 is 0 Å². The van der Waals surface area contributed by atoms with Gasteiger partial charge in [-0.1, -0.05) is 41.6 Å². The second-order valence-electron chi connectivity index (χ2n) is 4.61. The number of urea groups is 1. The molecule has 0 fully saturated rings. The molecule has 0 N–H and O–H groups in total. The van der Waals surface area contributed by atoms with Crippen molar-refractivity contribution >= 4 is 6.03 Å². The van der Waals surface area contributed by atoms with Gasteiger partial charge in [0.05, 0.1) is 5.36 Å². The number of aromatic nitrogens is 1. The second-order valence-corrected chi connectivity index (χ2v) is 4.61. The van der Waals surface area contributed by atoms with E-state index in [-0.39, 0.29) is 0 Å². The van der Waals surface area contributed by atoms with Gasteiger partial charge < -0.3 is 4.52 Å². The molecule has 5 heteroatoms. The summed E-state index contributed by atoms with van der Waals surface area (Å²) >= 11 is 0. The Morgan fingerprint density at radius 2 is 1.76 bits per heavy atom. The number of hydrogen-bond donors (Lipinski definition) is 0. The average Bonchev–Trinajstić information content (AvgIpc) is 3.15. The van der Waals surface area contributed by atoms with Gasteiger partial charge in [0, 0.05) is 11.6 Å². The fraction of sp³-hybridized carbons (Fsp3) is 0. The number of carbonyl (C=O) groups excluding carboxylic acids is 1. The van der Waals surface area contributed by atoms with Crippen LogP contribution in [0.1, 0.15) is 0 Å². The molecule has 100 valence electrons. The highest BCUT2D eigenvalue weighted by Crippen LogP contribution is 2.27. The molecule has 1 aliphatic heterocycles. The highest BCUT2D eigenvalue weighted by Gasteiger charge is 2.17. The molecule has 3 aromatic rings. The standard InChI is InChI=1S/C16H9N3O2/c20-16-17-13-7-6-11(10-4-2-1-3-5-10)14(15(13)18-16)12-8-9-21-19-12/h1-9H. The van der Waals surface area contributed by atoms with E-state index in [1.807, 2.05) is 36.4 Å². The summed E-state index contributed by atoms with van der Waals surface area (Å²) in [5.41, 5.74) is 3.37. The molecule has 21 heavy (non-hydrogen) atoms. The Kier molecular flexibility index (Phi) is 2.50. The molecule has 1 aliphatic rings. The van der Waals surface area contributed by atoms with Gasteiger partial charge in [-0.3, -0.25) is 0 Å². The van der Waals surface area contributed by atoms with Crippen molar-refractivity contribution in [2.24, 2.45) is 9.98 Å². The summed E-state index contributed by atoms with van der Waals surface area (Å²) in [5, 5.41) is 5.11. The minimum Gasteiger partial charge on any atom is -0.364 e. The van der Waals surface area contributed by atoms with Gasteiger partial charge in [-0.05, 0) is 17.2 Å². The molecule has 0 radical (unpaired) electrons. The molecule has 2 heterocycles. The van der Waals surface area contributed by atoms with Crippen LogP contribution < -0.4 is 10.7 Å². The zero-order valence-corrected chi connectivity index (χ0v) is 10.9. The lowest BCUT2D eigenvalue weighted by Crippen LogP contribution is -2.24. The number of benzene rings is 2. The van der Waals surface area contributed by atoms with Crippen LogP contribution in [-0.2, 0) is 0 Å². The number of amides is 2. The lowest BCUT2D eigenvalue weighted by Gasteiger charge is -2.07. The smallest absolute Gasteiger partial charge is 0.364 e. The maximum Gasteiger partial charge on any atom is 0.368 e. The number of fused-ring (bicyclic) bond motifs is 1. The highest BCUT2D eigenvalue weighted by molar-refractivity contribution is 5.85. The summed E-state index contributed by atoms with van der Waals surface area (Å²) in [4.78, 5) is 19.4. The summed E-state index contributed by atoms with van der Waals surface area (Å²) in [6, 6.07) is 14.9. The topological polar surface area (TPSA) is 67.8 Å². The van der Waals surface area contributed by atoms with Crippen LogP contribution in [0.25, 0.3) is 22.4 Å². The normalized spacial score (nSPS) is 12.7. The third-order valence-electron chi connectivity index (χ3n) is 3.36. The van der Waals surface area contributed by atoms with Gasteiger partial charge in [0.2, 0.25) is 0 Å². The molecule has 0 atom stereocenters. The quantitative estimate of drug-likeness (QED) is 0.721. The van der Waals surface area contributed by atoms with Crippen LogP contribution in [0.5, 0.6) is 0 Å². The Morgan fingerprint density at radius 1 is 0.905 bits per heavy atom. The van der Waals surface area contributed by atoms with Crippen LogP contribution in [0.4, 0.5) is 4.79 Å². The molecular formula is C16H9N3O2. The van der Waals surface area contributed by atoms with Crippen molar-refractivity contribution in [1.29, 1.82) is 0 Å². The van der Waals surface area contributed by atoms with E-state index in [4.69, 9.17) is 4.52 Å². The molecule has 0 unspecified atom stereocenters. The van der Waals surface area contributed by atoms with E-state index in [0.717, 1.165) is 16.7 Å². The van der Waals surface area contributed by atoms with Crippen LogP contribution in [-0.4, -0.2) is 11.2 Å². The molecule has 0 bridgehead atoms. The summed E-state index contributed by atoms with van der Waals surface area (Å²) < 4.78 is 4.94. The van der Waals surface area contributed by atoms with Crippen molar-refractivity contribution in [3.8, 4) is 22.4 Å². The Labute approximate surface area is 119 Å². The van der Waals surface area contributed by atoms with E-state index in [2.05, 4.69) is 15.1 Å². The first kappa shape index (κ1) is 11.7. The molecule has 0 saturated carbocycles. The highest BCUT2D eigenvalue weighted by atomic mass is 16.5. The van der Waals surface area contributed by atoms with Crippen LogP contribution in [0.3, 0.4) is 0 Å². The van der Waals surface area contributed by atoms with Gasteiger partial charge in [0.1, 0.15) is 17.3 Å². The first-order valence-corrected chi connectivity index (χ1v) is 6.43. The van der Waals surface area contributed by atoms with Gasteiger partial charge in [0.15, 0.2) is 0 Å². The zero-order valence-electron chi connectivity index (χ0n) is 10.9. The SMILES string of the molecule is O=C1N=c2ccc(-c3ccccc3)c(-c3ccon3)c2=N1. The van der Waals surface area contributed by atoms with Crippen molar-refractivity contribution in [2.45, 2.75) is 0 Å². The maximum atomic E-state index is 11.5. The Hall–Kier alpha value is -3.08. The van der Waals surface area contributed by atoms with Crippen molar-refractivity contribution in [3.63, 3.8) is 0 Å². The number of rotatable bonds is 2. The molecule has 2 amide bonds. The van der Waals surface area contributed by atoms with Gasteiger partial charge in [-0.15, -0.1) is 0 Å². The minimum absolute atomic E-state index is 0.486. The monoisotopic (exact) mass is 275 g/mol. The summed E-state index contributed by atoms with van der Waals surface area (Å²) in [6.07, 6.45) is 1.50. The van der Waals surface area contributed by atoms with Crippen molar-refractivity contribution < 1.29 is 9.32 Å². The van der Waals surface area contributed by atoms with Crippen LogP contribution >= 0.6 is 0 Å². The number of carbonyl (C=O) groups is 1. The molecule has 0 spiro atoms. The predicted octanol–water partition coefficient (Wildman–Crippen LogP) is 2.38. The molecule has 2 aromatic carbocycles. The van der Waals surface area contributed by atoms with Crippen LogP contribution in [0, 0.1) is 0 Å². The fourth-order valence-corrected chi connectivity index (χ4v) is 2.47. The van der Waals surface area contributed by atoms with Crippen LogP contribution in [0.15, 0.2) is 69.3 Å². The summed E-state index contributed by atoms with van der Waals surface area (Å²) in [7, 11) is 0. The van der Waals surface area contributed by atoms with Gasteiger partial charge in [-0.2, -0.15) is 9.98 Å². The van der Waals surface area contributed by atoms with Gasteiger partial charge in [-0.25, -0.2) is 4.79 Å². The molecule has 4 rings (SSSR count). The lowest BCUT2D eigenvalue weighted by atomic mass is 9.97. The van der Waals surface area contributed by atoms with Gasteiger partial charge >= 0.3 is 6.03 Å². The third kappa shape index (κ3) is 1.87. The fourth-order valence-electron chi connectivity index (χ4n) is 2.47. The van der Waals surface area contributed by atoms with Crippen molar-refractivity contribution in [3.05, 3.63) is 65.5 Å². The largest absolute Gasteiger partial charge is 0.368 e. The lowest BCUT2D eigenvalue weighted by molar-refractivity contribution is 0.256. The average molecular weight is 275 g/mol. The van der Waals surface area contributed by atoms with E-state index in [9.17, 15) is 4.79 Å². The first-order valence-electron chi connectivity index (χ1n) is 6.43. The third-order valence-corrected chi connectivity index (χ3v) is 3.36. The Morgan fingerprint density at radius 3 is 2.52 bits per heavy atom. The number of hydrogen-bond acceptors (Lipinski definition) is 3. The summed E-state index contributed by atoms with van der Waals surface area (Å²) in [6.45, 7) is 0. The Balaban J connectivity index is 2.11. The summed E-state index contributed by atoms with van der Waals surface area (Å²) in [5.74, 6) is 0. The molecule has 0 saturated heterocycles. The van der Waals surface area contributed by atoms with Crippen LogP contribution in [0.2, 0.25) is 0 Å². The van der Waals surface area contributed by atoms with E-state index in [0.29, 0.717) is 16.4 Å². The second kappa shape index (κ2) is 4.49. The molecule has 1 aromatic heterocycles. The molecular weight excluding hydrogens is 266 g/mol. The Bertz CT molecular complexity index is 945. The van der Waals surface area contributed by atoms with Crippen molar-refractivity contribution in [2.75, 3.05) is 0 Å². The minimum atomic E-state index is -0.486. The molecule has 0 aliphatic carbocycles. The number of nitrogens with zero attached hydrogens (tertiary/aromatic N) is 3. The zero-order chi connectivity index (χ0) is 14.2.